The van der Waals surface area contributed by atoms with Crippen LogP contribution in [0.2, 0.25) is 0 Å². The quantitative estimate of drug-likeness (QED) is 0.605. The van der Waals surface area contributed by atoms with Crippen molar-refractivity contribution >= 4 is 16.9 Å². The van der Waals surface area contributed by atoms with Gasteiger partial charge in [0.15, 0.2) is 0 Å². The number of benzene rings is 2. The molecule has 0 N–H and O–H groups in total. The molecule has 2 aromatic carbocycles. The number of rotatable bonds is 5. The first-order valence-electron chi connectivity index (χ1n) is 8.90. The Balaban J connectivity index is 1.66. The van der Waals surface area contributed by atoms with E-state index in [-0.39, 0.29) is 23.6 Å². The minimum atomic E-state index is -4.69. The molecule has 28 heavy (non-hydrogen) atoms. The fraction of sp³-hybridized carbons (Fsp3) is 0.300. The van der Waals surface area contributed by atoms with E-state index in [0.29, 0.717) is 5.56 Å². The van der Waals surface area contributed by atoms with Crippen LogP contribution in [0.3, 0.4) is 0 Å². The largest absolute Gasteiger partial charge is 0.449 e. The van der Waals surface area contributed by atoms with Crippen LogP contribution in [0, 0.1) is 5.82 Å². The van der Waals surface area contributed by atoms with Crippen molar-refractivity contribution in [1.29, 1.82) is 0 Å². The predicted octanol–water partition coefficient (Wildman–Crippen LogP) is 4.39. The minimum Gasteiger partial charge on any atom is -0.334 e. The number of amides is 1. The second kappa shape index (κ2) is 6.92. The number of carbonyl (C=O) groups is 1. The molecule has 0 atom stereocenters. The van der Waals surface area contributed by atoms with E-state index in [0.717, 1.165) is 17.4 Å². The van der Waals surface area contributed by atoms with Crippen molar-refractivity contribution in [2.75, 3.05) is 0 Å². The molecule has 0 saturated heterocycles. The molecule has 0 aliphatic heterocycles. The maximum absolute atomic E-state index is 14.0. The lowest BCUT2D eigenvalue weighted by molar-refractivity contribution is -0.148. The molecule has 4 rings (SSSR count). The van der Waals surface area contributed by atoms with Gasteiger partial charge in [0.05, 0.1) is 11.0 Å². The number of fused-ring (bicyclic) bond motifs is 1. The van der Waals surface area contributed by atoms with Crippen LogP contribution in [0.1, 0.15) is 24.2 Å². The fourth-order valence-corrected chi connectivity index (χ4v) is 3.30. The van der Waals surface area contributed by atoms with E-state index < -0.39 is 30.3 Å². The van der Waals surface area contributed by atoms with E-state index >= 15 is 0 Å². The smallest absolute Gasteiger partial charge is 0.334 e. The van der Waals surface area contributed by atoms with Gasteiger partial charge >= 0.3 is 6.18 Å². The van der Waals surface area contributed by atoms with Gasteiger partial charge in [0.2, 0.25) is 11.7 Å². The Bertz CT molecular complexity index is 1020. The van der Waals surface area contributed by atoms with Crippen molar-refractivity contribution in [1.82, 2.24) is 14.5 Å². The summed E-state index contributed by atoms with van der Waals surface area (Å²) in [5.74, 6) is -2.03. The fourth-order valence-electron chi connectivity index (χ4n) is 3.30. The Kier molecular flexibility index (Phi) is 4.56. The maximum Gasteiger partial charge on any atom is 0.449 e. The first-order chi connectivity index (χ1) is 13.3. The highest BCUT2D eigenvalue weighted by Gasteiger charge is 2.39. The summed E-state index contributed by atoms with van der Waals surface area (Å²) in [5, 5.41) is 0. The van der Waals surface area contributed by atoms with Gasteiger partial charge in [-0.1, -0.05) is 30.3 Å². The van der Waals surface area contributed by atoms with Gasteiger partial charge in [-0.2, -0.15) is 13.2 Å². The maximum atomic E-state index is 14.0. The number of nitrogens with zero attached hydrogens (tertiary/aromatic N) is 3. The van der Waals surface area contributed by atoms with Gasteiger partial charge in [-0.05, 0) is 31.0 Å². The van der Waals surface area contributed by atoms with E-state index in [9.17, 15) is 22.4 Å². The third-order valence-corrected chi connectivity index (χ3v) is 4.81. The van der Waals surface area contributed by atoms with Gasteiger partial charge in [0.1, 0.15) is 12.4 Å². The normalized spacial score (nSPS) is 14.4. The van der Waals surface area contributed by atoms with Crippen molar-refractivity contribution in [3.05, 3.63) is 65.7 Å². The zero-order chi connectivity index (χ0) is 19.9. The second-order valence-corrected chi connectivity index (χ2v) is 6.85. The third-order valence-electron chi connectivity index (χ3n) is 4.81. The van der Waals surface area contributed by atoms with E-state index in [2.05, 4.69) is 4.98 Å². The summed E-state index contributed by atoms with van der Waals surface area (Å²) >= 11 is 0. The lowest BCUT2D eigenvalue weighted by atomic mass is 10.2. The van der Waals surface area contributed by atoms with E-state index in [1.54, 1.807) is 30.3 Å². The molecule has 1 aliphatic rings. The first-order valence-corrected chi connectivity index (χ1v) is 8.90. The average Bonchev–Trinajstić information content (AvgIpc) is 3.42. The molecule has 1 heterocycles. The molecule has 1 aliphatic carbocycles. The van der Waals surface area contributed by atoms with Gasteiger partial charge in [-0.15, -0.1) is 0 Å². The van der Waals surface area contributed by atoms with Crippen LogP contribution in [0.15, 0.2) is 48.5 Å². The monoisotopic (exact) mass is 391 g/mol. The van der Waals surface area contributed by atoms with Crippen molar-refractivity contribution in [2.45, 2.75) is 38.1 Å². The molecular formula is C20H17F4N3O. The minimum absolute atomic E-state index is 0.0319. The van der Waals surface area contributed by atoms with E-state index in [1.807, 2.05) is 0 Å². The Morgan fingerprint density at radius 2 is 1.79 bits per heavy atom. The number of imidazole rings is 1. The summed E-state index contributed by atoms with van der Waals surface area (Å²) in [6.07, 6.45) is -3.16. The van der Waals surface area contributed by atoms with Gasteiger partial charge in [0, 0.05) is 18.2 Å². The number of hydrogen-bond donors (Lipinski definition) is 0. The van der Waals surface area contributed by atoms with Gasteiger partial charge in [0.25, 0.3) is 0 Å². The molecule has 1 fully saturated rings. The molecule has 0 bridgehead atoms. The number of para-hydroxylation sites is 2. The summed E-state index contributed by atoms with van der Waals surface area (Å²) in [7, 11) is 0. The van der Waals surface area contributed by atoms with Gasteiger partial charge in [-0.25, -0.2) is 9.37 Å². The van der Waals surface area contributed by atoms with Crippen molar-refractivity contribution in [2.24, 2.45) is 0 Å². The highest BCUT2D eigenvalue weighted by Crippen LogP contribution is 2.33. The van der Waals surface area contributed by atoms with Gasteiger partial charge < -0.3 is 9.47 Å². The lowest BCUT2D eigenvalue weighted by Crippen LogP contribution is -2.36. The Hall–Kier alpha value is -2.90. The summed E-state index contributed by atoms with van der Waals surface area (Å²) < 4.78 is 55.3. The van der Waals surface area contributed by atoms with Crippen LogP contribution in [0.4, 0.5) is 17.6 Å². The predicted molar refractivity (Wildman–Crippen MR) is 94.7 cm³/mol. The first kappa shape index (κ1) is 18.5. The number of hydrogen-bond acceptors (Lipinski definition) is 2. The standard InChI is InChI=1S/C20H17F4N3O/c21-15-6-2-1-5-13(15)11-26(14-9-10-14)18(28)12-27-17-8-4-3-7-16(17)25-19(27)20(22,23)24/h1-8,14H,9-12H2. The Morgan fingerprint density at radius 3 is 2.46 bits per heavy atom. The van der Waals surface area contributed by atoms with Crippen LogP contribution in [-0.2, 0) is 24.1 Å². The number of alkyl halides is 3. The van der Waals surface area contributed by atoms with Crippen molar-refractivity contribution in [3.63, 3.8) is 0 Å². The summed E-state index contributed by atoms with van der Waals surface area (Å²) in [4.78, 5) is 18.0. The van der Waals surface area contributed by atoms with E-state index in [1.165, 1.54) is 23.1 Å². The van der Waals surface area contributed by atoms with Crippen LogP contribution < -0.4 is 0 Å². The average molecular weight is 391 g/mol. The SMILES string of the molecule is O=C(Cn1c(C(F)(F)F)nc2ccccc21)N(Cc1ccccc1F)C1CC1. The third kappa shape index (κ3) is 3.58. The molecule has 1 aromatic heterocycles. The van der Waals surface area contributed by atoms with Crippen LogP contribution in [0.25, 0.3) is 11.0 Å². The van der Waals surface area contributed by atoms with Crippen molar-refractivity contribution < 1.29 is 22.4 Å². The number of aromatic nitrogens is 2. The lowest BCUT2D eigenvalue weighted by Gasteiger charge is -2.24. The molecule has 0 radical (unpaired) electrons. The Labute approximate surface area is 158 Å². The highest BCUT2D eigenvalue weighted by atomic mass is 19.4. The number of carbonyl (C=O) groups excluding carboxylic acids is 1. The van der Waals surface area contributed by atoms with Crippen LogP contribution in [-0.4, -0.2) is 26.4 Å². The van der Waals surface area contributed by atoms with Gasteiger partial charge in [-0.3, -0.25) is 4.79 Å². The summed E-state index contributed by atoms with van der Waals surface area (Å²) in [5.41, 5.74) is 0.758. The summed E-state index contributed by atoms with van der Waals surface area (Å²) in [6, 6.07) is 12.2. The summed E-state index contributed by atoms with van der Waals surface area (Å²) in [6.45, 7) is -0.468. The molecule has 1 amide bonds. The second-order valence-electron chi connectivity index (χ2n) is 6.85. The van der Waals surface area contributed by atoms with Crippen molar-refractivity contribution in [3.8, 4) is 0 Å². The zero-order valence-corrected chi connectivity index (χ0v) is 14.8. The van der Waals surface area contributed by atoms with Crippen LogP contribution in [0.5, 0.6) is 0 Å². The highest BCUT2D eigenvalue weighted by molar-refractivity contribution is 5.81. The number of halogens is 4. The topological polar surface area (TPSA) is 38.1 Å². The molecule has 0 unspecified atom stereocenters. The molecule has 1 saturated carbocycles. The molecule has 146 valence electrons. The molecule has 3 aromatic rings. The molecular weight excluding hydrogens is 374 g/mol. The van der Waals surface area contributed by atoms with E-state index in [4.69, 9.17) is 0 Å². The zero-order valence-electron chi connectivity index (χ0n) is 14.8. The van der Waals surface area contributed by atoms with Crippen LogP contribution >= 0.6 is 0 Å². The Morgan fingerprint density at radius 1 is 1.11 bits per heavy atom. The molecule has 4 nitrogen and oxygen atoms in total. The molecule has 8 heteroatoms. The molecule has 0 spiro atoms.